The fraction of sp³-hybridized carbons (Fsp3) is 0.0833. The van der Waals surface area contributed by atoms with Gasteiger partial charge in [0.05, 0.1) is 22.7 Å². The van der Waals surface area contributed by atoms with Gasteiger partial charge in [-0.1, -0.05) is 53.5 Å². The third kappa shape index (κ3) is 4.60. The first-order chi connectivity index (χ1) is 15.9. The number of para-hydroxylation sites is 1. The van der Waals surface area contributed by atoms with Crippen LogP contribution in [0.2, 0.25) is 10.0 Å². The van der Waals surface area contributed by atoms with E-state index in [2.05, 4.69) is 5.43 Å². The van der Waals surface area contributed by atoms with E-state index in [0.29, 0.717) is 10.7 Å². The molecule has 7 nitrogen and oxygen atoms in total. The average molecular weight is 482 g/mol. The predicted octanol–water partition coefficient (Wildman–Crippen LogP) is 4.11. The lowest BCUT2D eigenvalue weighted by Crippen LogP contribution is -2.54. The Balaban J connectivity index is 1.69. The molecule has 9 heteroatoms. The molecule has 33 heavy (non-hydrogen) atoms. The van der Waals surface area contributed by atoms with Crippen LogP contribution in [0.1, 0.15) is 27.1 Å². The van der Waals surface area contributed by atoms with Crippen LogP contribution in [0.25, 0.3) is 0 Å². The van der Waals surface area contributed by atoms with Crippen molar-refractivity contribution in [3.05, 3.63) is 100 Å². The fourth-order valence-electron chi connectivity index (χ4n) is 3.48. The minimum atomic E-state index is -1.24. The van der Waals surface area contributed by atoms with Crippen molar-refractivity contribution >= 4 is 52.5 Å². The third-order valence-electron chi connectivity index (χ3n) is 5.10. The first-order valence-corrected chi connectivity index (χ1v) is 10.7. The second kappa shape index (κ2) is 9.44. The molecular formula is C24H17Cl2N3O4. The topological polar surface area (TPSA) is 86.8 Å². The number of hydrogen-bond acceptors (Lipinski definition) is 4. The molecule has 0 saturated carbocycles. The van der Waals surface area contributed by atoms with Crippen LogP contribution in [-0.2, 0) is 9.59 Å². The van der Waals surface area contributed by atoms with E-state index in [4.69, 9.17) is 23.2 Å². The van der Waals surface area contributed by atoms with Gasteiger partial charge in [-0.2, -0.15) is 0 Å². The maximum atomic E-state index is 13.3. The summed E-state index contributed by atoms with van der Waals surface area (Å²) < 4.78 is 0. The van der Waals surface area contributed by atoms with Crippen molar-refractivity contribution in [3.8, 4) is 0 Å². The molecule has 4 rings (SSSR count). The van der Waals surface area contributed by atoms with E-state index >= 15 is 0 Å². The number of carbonyl (C=O) groups excluding carboxylic acids is 4. The van der Waals surface area contributed by atoms with Gasteiger partial charge in [-0.25, -0.2) is 9.91 Å². The van der Waals surface area contributed by atoms with Crippen LogP contribution < -0.4 is 10.3 Å². The zero-order valence-corrected chi connectivity index (χ0v) is 18.6. The fourth-order valence-corrected chi connectivity index (χ4v) is 3.83. The number of imide groups is 1. The number of rotatable bonds is 4. The molecule has 1 fully saturated rings. The Hall–Kier alpha value is -3.68. The third-order valence-corrected chi connectivity index (χ3v) is 5.68. The first-order valence-electron chi connectivity index (χ1n) is 9.93. The van der Waals surface area contributed by atoms with E-state index in [9.17, 15) is 19.2 Å². The lowest BCUT2D eigenvalue weighted by molar-refractivity contribution is -0.122. The second-order valence-corrected chi connectivity index (χ2v) is 8.07. The zero-order chi connectivity index (χ0) is 23.5. The molecule has 3 aromatic rings. The maximum Gasteiger partial charge on any atom is 0.273 e. The maximum absolute atomic E-state index is 13.3. The van der Waals surface area contributed by atoms with Crippen LogP contribution in [0.3, 0.4) is 0 Å². The van der Waals surface area contributed by atoms with Gasteiger partial charge in [0.15, 0.2) is 0 Å². The summed E-state index contributed by atoms with van der Waals surface area (Å²) in [7, 11) is 0. The highest BCUT2D eigenvalue weighted by Gasteiger charge is 2.45. The summed E-state index contributed by atoms with van der Waals surface area (Å²) in [5.74, 6) is -2.49. The van der Waals surface area contributed by atoms with E-state index in [-0.39, 0.29) is 22.6 Å². The Kier molecular flexibility index (Phi) is 6.44. The number of amides is 4. The Morgan fingerprint density at radius 3 is 2.18 bits per heavy atom. The van der Waals surface area contributed by atoms with Crippen molar-refractivity contribution in [1.29, 1.82) is 0 Å². The monoisotopic (exact) mass is 481 g/mol. The number of nitrogens with zero attached hydrogens (tertiary/aromatic N) is 2. The molecule has 1 aliphatic rings. The molecule has 0 aromatic heterocycles. The highest BCUT2D eigenvalue weighted by atomic mass is 35.5. The van der Waals surface area contributed by atoms with Crippen LogP contribution >= 0.6 is 23.2 Å². The summed E-state index contributed by atoms with van der Waals surface area (Å²) >= 11 is 12.0. The van der Waals surface area contributed by atoms with E-state index < -0.39 is 29.7 Å². The highest BCUT2D eigenvalue weighted by Crippen LogP contribution is 2.26. The van der Waals surface area contributed by atoms with Crippen LogP contribution in [0.15, 0.2) is 78.9 Å². The minimum Gasteiger partial charge on any atom is -0.274 e. The Morgan fingerprint density at radius 2 is 1.52 bits per heavy atom. The molecule has 4 amide bonds. The van der Waals surface area contributed by atoms with Crippen LogP contribution in [-0.4, -0.2) is 34.7 Å². The summed E-state index contributed by atoms with van der Waals surface area (Å²) in [4.78, 5) is 53.3. The number of hydrazine groups is 1. The standard InChI is InChI=1S/C24H17Cl2N3O4/c25-16-12-10-15(11-13-16)23(32)29(27-22(31)18-8-4-5-9-19(18)26)20-14-21(30)28(24(20)33)17-6-2-1-3-7-17/h1-13,20H,14H2,(H,27,31). The van der Waals surface area contributed by atoms with Gasteiger partial charge in [0.1, 0.15) is 6.04 Å². The average Bonchev–Trinajstić information content (AvgIpc) is 3.11. The van der Waals surface area contributed by atoms with Crippen LogP contribution in [0.5, 0.6) is 0 Å². The highest BCUT2D eigenvalue weighted by molar-refractivity contribution is 6.34. The molecule has 166 valence electrons. The lowest BCUT2D eigenvalue weighted by Gasteiger charge is -2.28. The summed E-state index contributed by atoms with van der Waals surface area (Å²) in [5.41, 5.74) is 3.15. The Bertz CT molecular complexity index is 1230. The number of anilines is 1. The summed E-state index contributed by atoms with van der Waals surface area (Å²) in [6.07, 6.45) is -0.296. The smallest absolute Gasteiger partial charge is 0.273 e. The zero-order valence-electron chi connectivity index (χ0n) is 17.1. The summed E-state index contributed by atoms with van der Waals surface area (Å²) in [6, 6.07) is 19.4. The molecule has 1 aliphatic heterocycles. The molecule has 0 bridgehead atoms. The second-order valence-electron chi connectivity index (χ2n) is 7.23. The van der Waals surface area contributed by atoms with Crippen LogP contribution in [0.4, 0.5) is 5.69 Å². The number of nitrogens with one attached hydrogen (secondary N) is 1. The molecule has 1 atom stereocenters. The van der Waals surface area contributed by atoms with Gasteiger partial charge in [-0.05, 0) is 48.5 Å². The van der Waals surface area contributed by atoms with Gasteiger partial charge in [-0.3, -0.25) is 24.6 Å². The van der Waals surface area contributed by atoms with Gasteiger partial charge < -0.3 is 0 Å². The van der Waals surface area contributed by atoms with Crippen molar-refractivity contribution in [2.75, 3.05) is 4.90 Å². The SMILES string of the molecule is O=C(NN(C(=O)c1ccc(Cl)cc1)C1CC(=O)N(c2ccccc2)C1=O)c1ccccc1Cl. The number of halogens is 2. The normalized spacial score (nSPS) is 15.5. The lowest BCUT2D eigenvalue weighted by atomic mass is 10.1. The molecule has 1 heterocycles. The molecule has 1 saturated heterocycles. The minimum absolute atomic E-state index is 0.116. The summed E-state index contributed by atoms with van der Waals surface area (Å²) in [6.45, 7) is 0. The molecule has 0 radical (unpaired) electrons. The molecule has 1 unspecified atom stereocenters. The van der Waals surface area contributed by atoms with E-state index in [1.807, 2.05) is 0 Å². The largest absolute Gasteiger partial charge is 0.274 e. The Labute approximate surface area is 199 Å². The van der Waals surface area contributed by atoms with Gasteiger partial charge in [0.2, 0.25) is 5.91 Å². The Morgan fingerprint density at radius 1 is 0.879 bits per heavy atom. The summed E-state index contributed by atoms with van der Waals surface area (Å²) in [5, 5.41) is 1.48. The molecule has 3 aromatic carbocycles. The predicted molar refractivity (Wildman–Crippen MR) is 124 cm³/mol. The number of hydrogen-bond donors (Lipinski definition) is 1. The molecule has 0 aliphatic carbocycles. The van der Waals surface area contributed by atoms with Crippen molar-refractivity contribution in [3.63, 3.8) is 0 Å². The van der Waals surface area contributed by atoms with Crippen molar-refractivity contribution in [2.24, 2.45) is 0 Å². The van der Waals surface area contributed by atoms with E-state index in [1.165, 1.54) is 36.4 Å². The van der Waals surface area contributed by atoms with Crippen LogP contribution in [0, 0.1) is 0 Å². The van der Waals surface area contributed by atoms with Crippen molar-refractivity contribution in [1.82, 2.24) is 10.4 Å². The number of benzene rings is 3. The van der Waals surface area contributed by atoms with Crippen molar-refractivity contribution in [2.45, 2.75) is 12.5 Å². The van der Waals surface area contributed by atoms with Crippen molar-refractivity contribution < 1.29 is 19.2 Å². The van der Waals surface area contributed by atoms with E-state index in [0.717, 1.165) is 9.91 Å². The quantitative estimate of drug-likeness (QED) is 0.448. The molecule has 0 spiro atoms. The van der Waals surface area contributed by atoms with Gasteiger partial charge in [0.25, 0.3) is 17.7 Å². The molecular weight excluding hydrogens is 465 g/mol. The molecule has 1 N–H and O–H groups in total. The van der Waals surface area contributed by atoms with Gasteiger partial charge in [-0.15, -0.1) is 0 Å². The van der Waals surface area contributed by atoms with Gasteiger partial charge in [0, 0.05) is 10.6 Å². The van der Waals surface area contributed by atoms with Gasteiger partial charge >= 0.3 is 0 Å². The van der Waals surface area contributed by atoms with E-state index in [1.54, 1.807) is 42.5 Å². The number of carbonyl (C=O) groups is 4. The first kappa shape index (κ1) is 22.5.